The van der Waals surface area contributed by atoms with Crippen molar-refractivity contribution in [1.82, 2.24) is 9.55 Å². The fourth-order valence-corrected chi connectivity index (χ4v) is 6.56. The van der Waals surface area contributed by atoms with Crippen LogP contribution in [0.15, 0.2) is 133 Å². The van der Waals surface area contributed by atoms with Crippen LogP contribution in [0.25, 0.3) is 10.9 Å². The third-order valence-electron chi connectivity index (χ3n) is 10.1. The Balaban J connectivity index is 0.000000177. The number of hydrogen-bond donors (Lipinski definition) is 0. The van der Waals surface area contributed by atoms with Gasteiger partial charge in [-0.15, -0.1) is 0 Å². The molecule has 4 aliphatic heterocycles. The minimum Gasteiger partial charge on any atom is -0.302 e. The number of fused-ring (bicyclic) bond motifs is 5. The number of aliphatic imine (C=N–C) groups is 4. The molecule has 1 aromatic heterocycles. The summed E-state index contributed by atoms with van der Waals surface area (Å²) in [4.78, 5) is 77.0. The molecule has 0 unspecified atom stereocenters. The lowest BCUT2D eigenvalue weighted by atomic mass is 9.94. The van der Waals surface area contributed by atoms with E-state index in [1.807, 2.05) is 67.6 Å². The van der Waals surface area contributed by atoms with Crippen LogP contribution in [0.5, 0.6) is 0 Å². The first-order valence-corrected chi connectivity index (χ1v) is 22.2. The van der Waals surface area contributed by atoms with Crippen molar-refractivity contribution >= 4 is 109 Å². The standard InChI is InChI=1S/C10H10N2O.C9H6BrNO.C9H6ClNO.C9H6FNO.C9H7NO.C6H14.CH4/c1-7-3-4-9-8(5-7)10(13)12(2)6-11-9;3*10-6-1-2-8-7(5-6)9(12)3-4-11-8;11-9-5-6-10-8-4-2-1-3-7(8)9;1-5-6(2,3)4;/h3-6H,1-2H3;3*1-2,4-5H,3H2;1-4,6H,5H2;5H2,1-4H3;1H4. The Hall–Kier alpha value is -6.70. The minimum absolute atomic E-state index is 0. The van der Waals surface area contributed by atoms with E-state index in [9.17, 15) is 28.4 Å². The van der Waals surface area contributed by atoms with E-state index in [1.165, 1.54) is 29.2 Å². The van der Waals surface area contributed by atoms with Gasteiger partial charge in [0.05, 0.1) is 40.0 Å². The summed E-state index contributed by atoms with van der Waals surface area (Å²) in [6.45, 7) is 10.9. The smallest absolute Gasteiger partial charge is 0.260 e. The molecule has 0 amide bonds. The molecule has 4 aliphatic rings. The van der Waals surface area contributed by atoms with Crippen LogP contribution >= 0.6 is 27.5 Å². The number of carbonyl (C=O) groups is 4. The van der Waals surface area contributed by atoms with Crippen LogP contribution in [0.1, 0.15) is 114 Å². The highest BCUT2D eigenvalue weighted by Crippen LogP contribution is 2.28. The van der Waals surface area contributed by atoms with Gasteiger partial charge < -0.3 is 4.57 Å². The third-order valence-corrected chi connectivity index (χ3v) is 10.9. The molecule has 346 valence electrons. The Kier molecular flexibility index (Phi) is 19.5. The lowest BCUT2D eigenvalue weighted by Gasteiger charge is -2.12. The van der Waals surface area contributed by atoms with Gasteiger partial charge in [-0.3, -0.25) is 43.9 Å². The van der Waals surface area contributed by atoms with Crippen molar-refractivity contribution in [3.05, 3.63) is 157 Å². The van der Waals surface area contributed by atoms with Crippen molar-refractivity contribution in [1.29, 1.82) is 0 Å². The maximum Gasteiger partial charge on any atom is 0.260 e. The molecule has 10 rings (SSSR count). The summed E-state index contributed by atoms with van der Waals surface area (Å²) in [6, 6.07) is 27.8. The molecule has 0 saturated heterocycles. The number of carbonyl (C=O) groups excluding carboxylic acids is 4. The van der Waals surface area contributed by atoms with Crippen LogP contribution in [0.2, 0.25) is 5.02 Å². The summed E-state index contributed by atoms with van der Waals surface area (Å²) >= 11 is 9.05. The molecule has 67 heavy (non-hydrogen) atoms. The molecule has 5 heterocycles. The molecular weight excluding hydrogens is 935 g/mol. The summed E-state index contributed by atoms with van der Waals surface area (Å²) in [5, 5.41) is 1.27. The first-order valence-electron chi connectivity index (χ1n) is 21.1. The van der Waals surface area contributed by atoms with E-state index >= 15 is 0 Å². The number of aromatic nitrogens is 2. The Bertz CT molecular complexity index is 2790. The monoisotopic (exact) mass is 986 g/mol. The predicted molar refractivity (Wildman–Crippen MR) is 275 cm³/mol. The van der Waals surface area contributed by atoms with Crippen LogP contribution < -0.4 is 5.56 Å². The summed E-state index contributed by atoms with van der Waals surface area (Å²) in [7, 11) is 1.71. The van der Waals surface area contributed by atoms with Gasteiger partial charge in [-0.1, -0.05) is 92.8 Å². The highest BCUT2D eigenvalue weighted by atomic mass is 79.9. The molecule has 0 radical (unpaired) electrons. The normalized spacial score (nSPS) is 13.4. The Labute approximate surface area is 403 Å². The predicted octanol–water partition coefficient (Wildman–Crippen LogP) is 13.8. The lowest BCUT2D eigenvalue weighted by molar-refractivity contribution is 0.0992. The van der Waals surface area contributed by atoms with E-state index in [1.54, 1.807) is 56.4 Å². The van der Waals surface area contributed by atoms with Crippen LogP contribution in [0.3, 0.4) is 0 Å². The number of Topliss-reactive ketones (excluding diaryl/α,β-unsaturated/α-hetero) is 4. The summed E-state index contributed by atoms with van der Waals surface area (Å²) in [6.07, 6.45) is 10.8. The number of para-hydroxylation sites is 1. The second-order valence-electron chi connectivity index (χ2n) is 16.4. The molecule has 0 N–H and O–H groups in total. The molecule has 0 spiro atoms. The average molecular weight is 988 g/mol. The van der Waals surface area contributed by atoms with Gasteiger partial charge in [0.1, 0.15) is 5.82 Å². The topological polar surface area (TPSA) is 153 Å². The summed E-state index contributed by atoms with van der Waals surface area (Å²) in [5.41, 5.74) is 7.71. The van der Waals surface area contributed by atoms with Crippen LogP contribution in [0.4, 0.5) is 27.1 Å². The molecule has 5 aromatic carbocycles. The van der Waals surface area contributed by atoms with E-state index in [0.717, 1.165) is 38.2 Å². The van der Waals surface area contributed by atoms with Crippen molar-refractivity contribution < 1.29 is 23.6 Å². The van der Waals surface area contributed by atoms with Crippen molar-refractivity contribution in [3.63, 3.8) is 0 Å². The maximum absolute atomic E-state index is 12.7. The van der Waals surface area contributed by atoms with Gasteiger partial charge in [-0.25, -0.2) is 9.37 Å². The van der Waals surface area contributed by atoms with Crippen LogP contribution in [-0.4, -0.2) is 57.5 Å². The van der Waals surface area contributed by atoms with Gasteiger partial charge in [0.2, 0.25) is 0 Å². The molecule has 0 saturated carbocycles. The SMILES string of the molecule is C.CCC(C)(C)C.Cc1ccc2ncn(C)c(=O)c2c1.O=C1CC=Nc2ccc(Br)cc21.O=C1CC=Nc2ccc(Cl)cc21.O=C1CC=Nc2ccc(F)cc21.O=C1CC=Nc2ccccc21. The average Bonchev–Trinajstić information content (AvgIpc) is 3.30. The molecular formula is C53H53BrClFN6O5. The molecule has 14 heteroatoms. The first kappa shape index (κ1) is 52.9. The zero-order valence-electron chi connectivity index (χ0n) is 37.5. The lowest BCUT2D eigenvalue weighted by Crippen LogP contribution is -2.16. The Morgan fingerprint density at radius 1 is 0.627 bits per heavy atom. The largest absolute Gasteiger partial charge is 0.302 e. The molecule has 0 atom stereocenters. The number of nitrogens with zero attached hydrogens (tertiary/aromatic N) is 6. The number of hydrogen-bond acceptors (Lipinski definition) is 10. The highest BCUT2D eigenvalue weighted by Gasteiger charge is 2.16. The Morgan fingerprint density at radius 2 is 1.09 bits per heavy atom. The van der Waals surface area contributed by atoms with E-state index < -0.39 is 0 Å². The van der Waals surface area contributed by atoms with Crippen molar-refractivity contribution in [2.75, 3.05) is 0 Å². The fourth-order valence-electron chi connectivity index (χ4n) is 6.03. The molecule has 0 aliphatic carbocycles. The van der Waals surface area contributed by atoms with Gasteiger partial charge in [-0.05, 0) is 91.2 Å². The van der Waals surface area contributed by atoms with Crippen LogP contribution in [-0.2, 0) is 7.05 Å². The van der Waals surface area contributed by atoms with Crippen molar-refractivity contribution in [3.8, 4) is 0 Å². The van der Waals surface area contributed by atoms with E-state index in [-0.39, 0.29) is 48.4 Å². The summed E-state index contributed by atoms with van der Waals surface area (Å²) < 4.78 is 15.1. The van der Waals surface area contributed by atoms with Gasteiger partial charge in [0.15, 0.2) is 23.1 Å². The molecule has 6 aromatic rings. The quantitative estimate of drug-likeness (QED) is 0.148. The van der Waals surface area contributed by atoms with Gasteiger partial charge >= 0.3 is 0 Å². The molecule has 0 fully saturated rings. The highest BCUT2D eigenvalue weighted by molar-refractivity contribution is 9.10. The zero-order valence-corrected chi connectivity index (χ0v) is 39.9. The minimum atomic E-state index is -0.390. The number of halogens is 3. The molecule has 0 bridgehead atoms. The second-order valence-corrected chi connectivity index (χ2v) is 17.7. The van der Waals surface area contributed by atoms with Gasteiger partial charge in [0.25, 0.3) is 5.56 Å². The zero-order chi connectivity index (χ0) is 48.0. The third kappa shape index (κ3) is 15.4. The summed E-state index contributed by atoms with van der Waals surface area (Å²) in [5.74, 6) is -0.0712. The van der Waals surface area contributed by atoms with Crippen molar-refractivity contribution in [2.24, 2.45) is 32.4 Å². The number of aryl methyl sites for hydroxylation is 2. The fraction of sp³-hybridized carbons (Fsp3) is 0.245. The van der Waals surface area contributed by atoms with Gasteiger partial charge in [-0.2, -0.15) is 0 Å². The van der Waals surface area contributed by atoms with E-state index in [0.29, 0.717) is 57.5 Å². The van der Waals surface area contributed by atoms with E-state index in [4.69, 9.17) is 11.6 Å². The first-order chi connectivity index (χ1) is 31.4. The number of benzene rings is 5. The van der Waals surface area contributed by atoms with Gasteiger partial charge in [0, 0.05) is 89.3 Å². The molecule has 11 nitrogen and oxygen atoms in total. The number of rotatable bonds is 0. The van der Waals surface area contributed by atoms with Crippen LogP contribution in [0, 0.1) is 18.2 Å². The second kappa shape index (κ2) is 24.7. The van der Waals surface area contributed by atoms with E-state index in [2.05, 4.69) is 68.6 Å². The number of ketones is 4. The Morgan fingerprint density at radius 3 is 1.63 bits per heavy atom. The van der Waals surface area contributed by atoms with Crippen molar-refractivity contribution in [2.45, 2.75) is 74.1 Å². The maximum atomic E-state index is 12.7.